The van der Waals surface area contributed by atoms with Gasteiger partial charge in [-0.1, -0.05) is 0 Å². The van der Waals surface area contributed by atoms with Crippen LogP contribution in [0.1, 0.15) is 19.8 Å². The van der Waals surface area contributed by atoms with E-state index in [0.717, 1.165) is 25.7 Å². The van der Waals surface area contributed by atoms with Gasteiger partial charge in [-0.2, -0.15) is 0 Å². The van der Waals surface area contributed by atoms with Crippen molar-refractivity contribution in [2.45, 2.75) is 31.9 Å². The fraction of sp³-hybridized carbons (Fsp3) is 1.00. The van der Waals surface area contributed by atoms with Gasteiger partial charge in [-0.05, 0) is 39.9 Å². The van der Waals surface area contributed by atoms with Crippen LogP contribution in [0.2, 0.25) is 0 Å². The fourth-order valence-corrected chi connectivity index (χ4v) is 1.88. The molecule has 1 rings (SSSR count). The van der Waals surface area contributed by atoms with Crippen molar-refractivity contribution in [1.82, 2.24) is 10.2 Å². The van der Waals surface area contributed by atoms with Gasteiger partial charge in [-0.25, -0.2) is 0 Å². The number of piperidine rings is 1. The van der Waals surface area contributed by atoms with E-state index in [1.165, 1.54) is 12.8 Å². The topological polar surface area (TPSA) is 24.5 Å². The standard InChI is InChI=1S/C10H22N2O/c1-9(13-3)8-12(2)10-4-6-11-7-5-10/h9-11H,4-8H2,1-3H3. The number of hydrogen-bond donors (Lipinski definition) is 1. The Bertz CT molecular complexity index is 135. The molecule has 0 saturated carbocycles. The second-order valence-electron chi connectivity index (χ2n) is 3.97. The van der Waals surface area contributed by atoms with Crippen molar-refractivity contribution in [3.63, 3.8) is 0 Å². The molecule has 1 aliphatic heterocycles. The van der Waals surface area contributed by atoms with Crippen LogP contribution in [-0.4, -0.2) is 50.8 Å². The summed E-state index contributed by atoms with van der Waals surface area (Å²) in [6.45, 7) is 5.49. The normalized spacial score (nSPS) is 22.2. The Morgan fingerprint density at radius 1 is 1.46 bits per heavy atom. The first-order chi connectivity index (χ1) is 6.24. The first-order valence-corrected chi connectivity index (χ1v) is 5.17. The summed E-state index contributed by atoms with van der Waals surface area (Å²) in [7, 11) is 3.98. The van der Waals surface area contributed by atoms with E-state index in [-0.39, 0.29) is 0 Å². The van der Waals surface area contributed by atoms with Crippen LogP contribution in [0.25, 0.3) is 0 Å². The van der Waals surface area contributed by atoms with Crippen molar-refractivity contribution in [1.29, 1.82) is 0 Å². The minimum absolute atomic E-state index is 0.347. The highest BCUT2D eigenvalue weighted by Crippen LogP contribution is 2.10. The van der Waals surface area contributed by atoms with Crippen LogP contribution in [0.4, 0.5) is 0 Å². The Labute approximate surface area is 81.4 Å². The van der Waals surface area contributed by atoms with Gasteiger partial charge in [0.1, 0.15) is 0 Å². The third-order valence-corrected chi connectivity index (χ3v) is 2.88. The fourth-order valence-electron chi connectivity index (χ4n) is 1.88. The van der Waals surface area contributed by atoms with E-state index in [0.29, 0.717) is 6.10 Å². The van der Waals surface area contributed by atoms with Crippen LogP contribution in [0.3, 0.4) is 0 Å². The predicted octanol–water partition coefficient (Wildman–Crippen LogP) is 0.705. The van der Waals surface area contributed by atoms with Crippen LogP contribution < -0.4 is 5.32 Å². The molecule has 3 nitrogen and oxygen atoms in total. The third kappa shape index (κ3) is 3.63. The average molecular weight is 186 g/mol. The highest BCUT2D eigenvalue weighted by molar-refractivity contribution is 4.76. The van der Waals surface area contributed by atoms with Crippen molar-refractivity contribution in [3.8, 4) is 0 Å². The van der Waals surface area contributed by atoms with E-state index in [9.17, 15) is 0 Å². The van der Waals surface area contributed by atoms with E-state index in [4.69, 9.17) is 4.74 Å². The highest BCUT2D eigenvalue weighted by Gasteiger charge is 2.18. The number of methoxy groups -OCH3 is 1. The molecule has 1 atom stereocenters. The number of nitrogens with zero attached hydrogens (tertiary/aromatic N) is 1. The minimum atomic E-state index is 0.347. The molecule has 1 saturated heterocycles. The maximum atomic E-state index is 5.25. The lowest BCUT2D eigenvalue weighted by molar-refractivity contribution is 0.0653. The summed E-state index contributed by atoms with van der Waals surface area (Å²) >= 11 is 0. The molecule has 0 aliphatic carbocycles. The van der Waals surface area contributed by atoms with E-state index in [1.807, 2.05) is 0 Å². The Morgan fingerprint density at radius 2 is 2.08 bits per heavy atom. The molecular formula is C10H22N2O. The lowest BCUT2D eigenvalue weighted by atomic mass is 10.1. The molecule has 0 aromatic heterocycles. The van der Waals surface area contributed by atoms with Crippen molar-refractivity contribution in [2.75, 3.05) is 33.8 Å². The molecule has 0 amide bonds. The highest BCUT2D eigenvalue weighted by atomic mass is 16.5. The quantitative estimate of drug-likeness (QED) is 0.699. The average Bonchev–Trinajstić information content (AvgIpc) is 2.19. The van der Waals surface area contributed by atoms with Crippen LogP contribution in [0.15, 0.2) is 0 Å². The molecule has 1 fully saturated rings. The van der Waals surface area contributed by atoms with Gasteiger partial charge in [-0.15, -0.1) is 0 Å². The zero-order chi connectivity index (χ0) is 9.68. The minimum Gasteiger partial charge on any atom is -0.380 e. The van der Waals surface area contributed by atoms with Crippen molar-refractivity contribution >= 4 is 0 Å². The number of rotatable bonds is 4. The summed E-state index contributed by atoms with van der Waals surface area (Å²) in [5.74, 6) is 0. The molecule has 1 aliphatic rings. The van der Waals surface area contributed by atoms with E-state index < -0.39 is 0 Å². The number of nitrogens with one attached hydrogen (secondary N) is 1. The SMILES string of the molecule is COC(C)CN(C)C1CCNCC1. The van der Waals surface area contributed by atoms with Crippen LogP contribution in [0.5, 0.6) is 0 Å². The van der Waals surface area contributed by atoms with E-state index in [1.54, 1.807) is 7.11 Å². The lowest BCUT2D eigenvalue weighted by Gasteiger charge is -2.32. The molecule has 0 aromatic carbocycles. The third-order valence-electron chi connectivity index (χ3n) is 2.88. The summed E-state index contributed by atoms with van der Waals surface area (Å²) in [5, 5.41) is 3.38. The Kier molecular flexibility index (Phi) is 4.70. The summed E-state index contributed by atoms with van der Waals surface area (Å²) in [6.07, 6.45) is 2.89. The summed E-state index contributed by atoms with van der Waals surface area (Å²) < 4.78 is 5.25. The number of likely N-dealkylation sites (N-methyl/N-ethyl adjacent to an activating group) is 1. The maximum Gasteiger partial charge on any atom is 0.0670 e. The zero-order valence-corrected chi connectivity index (χ0v) is 9.05. The van der Waals surface area contributed by atoms with Gasteiger partial charge in [-0.3, -0.25) is 0 Å². The van der Waals surface area contributed by atoms with Gasteiger partial charge in [0.2, 0.25) is 0 Å². The molecule has 0 spiro atoms. The van der Waals surface area contributed by atoms with Gasteiger partial charge >= 0.3 is 0 Å². The van der Waals surface area contributed by atoms with Crippen molar-refractivity contribution < 1.29 is 4.74 Å². The van der Waals surface area contributed by atoms with Gasteiger partial charge in [0.05, 0.1) is 6.10 Å². The first-order valence-electron chi connectivity index (χ1n) is 5.17. The van der Waals surface area contributed by atoms with E-state index >= 15 is 0 Å². The molecular weight excluding hydrogens is 164 g/mol. The Morgan fingerprint density at radius 3 is 2.62 bits per heavy atom. The lowest BCUT2D eigenvalue weighted by Crippen LogP contribution is -2.43. The summed E-state index contributed by atoms with van der Waals surface area (Å²) in [5.41, 5.74) is 0. The molecule has 0 bridgehead atoms. The monoisotopic (exact) mass is 186 g/mol. The summed E-state index contributed by atoms with van der Waals surface area (Å²) in [6, 6.07) is 0.749. The molecule has 1 unspecified atom stereocenters. The maximum absolute atomic E-state index is 5.25. The molecule has 0 radical (unpaired) electrons. The first kappa shape index (κ1) is 11.0. The van der Waals surface area contributed by atoms with Crippen LogP contribution in [0, 0.1) is 0 Å². The summed E-state index contributed by atoms with van der Waals surface area (Å²) in [4.78, 5) is 2.43. The second kappa shape index (κ2) is 5.58. The Balaban J connectivity index is 2.24. The number of ether oxygens (including phenoxy) is 1. The molecule has 1 N–H and O–H groups in total. The van der Waals surface area contributed by atoms with Gasteiger partial charge in [0.15, 0.2) is 0 Å². The van der Waals surface area contributed by atoms with Crippen molar-refractivity contribution in [3.05, 3.63) is 0 Å². The molecule has 3 heteroatoms. The molecule has 78 valence electrons. The van der Waals surface area contributed by atoms with Crippen LogP contribution >= 0.6 is 0 Å². The van der Waals surface area contributed by atoms with Gasteiger partial charge in [0.25, 0.3) is 0 Å². The molecule has 1 heterocycles. The molecule has 13 heavy (non-hydrogen) atoms. The predicted molar refractivity (Wildman–Crippen MR) is 55.0 cm³/mol. The zero-order valence-electron chi connectivity index (χ0n) is 9.05. The molecule has 0 aromatic rings. The largest absolute Gasteiger partial charge is 0.380 e. The van der Waals surface area contributed by atoms with Gasteiger partial charge < -0.3 is 15.0 Å². The van der Waals surface area contributed by atoms with E-state index in [2.05, 4.69) is 24.2 Å². The van der Waals surface area contributed by atoms with Crippen molar-refractivity contribution in [2.24, 2.45) is 0 Å². The van der Waals surface area contributed by atoms with Gasteiger partial charge in [0, 0.05) is 19.7 Å². The number of hydrogen-bond acceptors (Lipinski definition) is 3. The second-order valence-corrected chi connectivity index (χ2v) is 3.97. The Hall–Kier alpha value is -0.120. The van der Waals surface area contributed by atoms with Crippen LogP contribution in [-0.2, 0) is 4.74 Å². The smallest absolute Gasteiger partial charge is 0.0670 e.